The van der Waals surface area contributed by atoms with Gasteiger partial charge in [0.15, 0.2) is 0 Å². The highest BCUT2D eigenvalue weighted by Gasteiger charge is 2.69. The molecule has 0 N–H and O–H groups in total. The van der Waals surface area contributed by atoms with Crippen LogP contribution in [-0.2, 0) is 0 Å². The summed E-state index contributed by atoms with van der Waals surface area (Å²) in [4.78, 5) is 0.819. The number of hydrogen-bond acceptors (Lipinski definition) is 0. The highest BCUT2D eigenvalue weighted by atomic mass is 79.9. The normalized spacial score (nSPS) is 67.2. The monoisotopic (exact) mass is 184 g/mol. The van der Waals surface area contributed by atoms with Crippen LogP contribution >= 0.6 is 15.9 Å². The third-order valence-electron chi connectivity index (χ3n) is 3.41. The van der Waals surface area contributed by atoms with Crippen molar-refractivity contribution in [3.8, 4) is 0 Å². The second-order valence-corrected chi connectivity index (χ2v) is 4.69. The zero-order valence-corrected chi connectivity index (χ0v) is 6.76. The van der Waals surface area contributed by atoms with Gasteiger partial charge < -0.3 is 0 Å². The zero-order chi connectivity index (χ0) is 6.17. The van der Waals surface area contributed by atoms with E-state index in [-0.39, 0.29) is 0 Å². The number of hydrogen-bond donors (Lipinski definition) is 0. The summed E-state index contributed by atoms with van der Waals surface area (Å²) in [5.41, 5.74) is 1.56. The minimum atomic E-state index is 0.819. The van der Waals surface area contributed by atoms with Gasteiger partial charge in [-0.3, -0.25) is 0 Å². The van der Waals surface area contributed by atoms with E-state index in [9.17, 15) is 0 Å². The molecule has 0 aliphatic heterocycles. The minimum absolute atomic E-state index is 0.819. The molecule has 0 nitrogen and oxygen atoms in total. The van der Waals surface area contributed by atoms with E-state index < -0.39 is 0 Å². The summed E-state index contributed by atoms with van der Waals surface area (Å²) in [6.07, 6.45) is 1.45. The molecule has 0 aromatic heterocycles. The molecule has 5 unspecified atom stereocenters. The van der Waals surface area contributed by atoms with E-state index in [1.165, 1.54) is 6.42 Å². The molecule has 4 saturated carbocycles. The lowest BCUT2D eigenvalue weighted by Crippen LogP contribution is -2.02. The van der Waals surface area contributed by atoms with Gasteiger partial charge in [0.05, 0.1) is 0 Å². The highest BCUT2D eigenvalue weighted by Crippen LogP contribution is 2.74. The largest absolute Gasteiger partial charge is 0.0992 e. The standard InChI is InChI=1S/C8H9Br/c1-3-4-2-5-6(3)7(5)8(4)9/h4-8H,1-2H2. The molecule has 0 aromatic carbocycles. The van der Waals surface area contributed by atoms with Crippen molar-refractivity contribution in [2.45, 2.75) is 11.2 Å². The summed E-state index contributed by atoms with van der Waals surface area (Å²) in [6.45, 7) is 4.12. The first-order valence-electron chi connectivity index (χ1n) is 3.63. The Morgan fingerprint density at radius 2 is 2.33 bits per heavy atom. The molecule has 4 aliphatic carbocycles. The average Bonchev–Trinajstić information content (AvgIpc) is 2.18. The Hall–Kier alpha value is 0.220. The van der Waals surface area contributed by atoms with Crippen LogP contribution in [0.25, 0.3) is 0 Å². The van der Waals surface area contributed by atoms with Gasteiger partial charge in [-0.25, -0.2) is 0 Å². The molecule has 0 heterocycles. The van der Waals surface area contributed by atoms with Gasteiger partial charge in [0.25, 0.3) is 0 Å². The van der Waals surface area contributed by atoms with Crippen LogP contribution < -0.4 is 0 Å². The number of halogens is 1. The Kier molecular flexibility index (Phi) is 0.638. The fourth-order valence-electron chi connectivity index (χ4n) is 2.96. The maximum atomic E-state index is 4.12. The molecule has 0 saturated heterocycles. The van der Waals surface area contributed by atoms with Crippen LogP contribution in [0.4, 0.5) is 0 Å². The van der Waals surface area contributed by atoms with Crippen molar-refractivity contribution in [3.63, 3.8) is 0 Å². The third kappa shape index (κ3) is 0.348. The predicted molar refractivity (Wildman–Crippen MR) is 40.4 cm³/mol. The van der Waals surface area contributed by atoms with Crippen LogP contribution in [0.3, 0.4) is 0 Å². The lowest BCUT2D eigenvalue weighted by atomic mass is 10.1. The average molecular weight is 185 g/mol. The lowest BCUT2D eigenvalue weighted by Gasteiger charge is -2.04. The van der Waals surface area contributed by atoms with Crippen molar-refractivity contribution in [2.24, 2.45) is 23.7 Å². The van der Waals surface area contributed by atoms with Gasteiger partial charge in [0, 0.05) is 4.83 Å². The van der Waals surface area contributed by atoms with Crippen molar-refractivity contribution in [1.82, 2.24) is 0 Å². The Bertz CT molecular complexity index is 197. The molecular weight excluding hydrogens is 176 g/mol. The first kappa shape index (κ1) is 4.95. The van der Waals surface area contributed by atoms with E-state index in [2.05, 4.69) is 22.5 Å². The maximum absolute atomic E-state index is 4.12. The number of alkyl halides is 1. The van der Waals surface area contributed by atoms with Crippen molar-refractivity contribution >= 4 is 15.9 Å². The number of allylic oxidation sites excluding steroid dienone is 1. The lowest BCUT2D eigenvalue weighted by molar-refractivity contribution is 0.692. The van der Waals surface area contributed by atoms with E-state index in [0.29, 0.717) is 0 Å². The van der Waals surface area contributed by atoms with Crippen LogP contribution in [0.15, 0.2) is 12.2 Å². The summed E-state index contributed by atoms with van der Waals surface area (Å²) < 4.78 is 0. The molecule has 1 heteroatoms. The predicted octanol–water partition coefficient (Wildman–Crippen LogP) is 2.20. The molecule has 9 heavy (non-hydrogen) atoms. The quantitative estimate of drug-likeness (QED) is 0.401. The molecule has 4 fully saturated rings. The first-order valence-corrected chi connectivity index (χ1v) is 4.55. The molecule has 4 rings (SSSR count). The smallest absolute Gasteiger partial charge is 0.0248 e. The summed E-state index contributed by atoms with van der Waals surface area (Å²) in [5, 5.41) is 0. The number of rotatable bonds is 0. The summed E-state index contributed by atoms with van der Waals surface area (Å²) >= 11 is 3.73. The zero-order valence-electron chi connectivity index (χ0n) is 5.18. The van der Waals surface area contributed by atoms with E-state index in [0.717, 1.165) is 28.5 Å². The van der Waals surface area contributed by atoms with Gasteiger partial charge in [0.2, 0.25) is 0 Å². The van der Waals surface area contributed by atoms with Crippen molar-refractivity contribution in [3.05, 3.63) is 12.2 Å². The SMILES string of the molecule is C=C1C2CC3C1C3C2Br. The fourth-order valence-corrected chi connectivity index (χ4v) is 4.23. The van der Waals surface area contributed by atoms with Gasteiger partial charge in [-0.15, -0.1) is 0 Å². The fraction of sp³-hybridized carbons (Fsp3) is 0.750. The first-order chi connectivity index (χ1) is 4.30. The molecule has 5 atom stereocenters. The second kappa shape index (κ2) is 1.16. The molecule has 4 bridgehead atoms. The van der Waals surface area contributed by atoms with Crippen molar-refractivity contribution in [2.75, 3.05) is 0 Å². The highest BCUT2D eigenvalue weighted by molar-refractivity contribution is 9.09. The van der Waals surface area contributed by atoms with Gasteiger partial charge in [-0.2, -0.15) is 0 Å². The molecule has 0 aromatic rings. The minimum Gasteiger partial charge on any atom is -0.0992 e. The molecular formula is C8H9Br. The van der Waals surface area contributed by atoms with Crippen LogP contribution in [0, 0.1) is 23.7 Å². The van der Waals surface area contributed by atoms with Gasteiger partial charge in [0.1, 0.15) is 0 Å². The van der Waals surface area contributed by atoms with Gasteiger partial charge in [-0.1, -0.05) is 28.1 Å². The van der Waals surface area contributed by atoms with Crippen LogP contribution in [0.2, 0.25) is 0 Å². The Morgan fingerprint density at radius 1 is 1.56 bits per heavy atom. The van der Waals surface area contributed by atoms with E-state index in [1.54, 1.807) is 5.57 Å². The van der Waals surface area contributed by atoms with Gasteiger partial charge in [-0.05, 0) is 30.1 Å². The Balaban J connectivity index is 2.16. The summed E-state index contributed by atoms with van der Waals surface area (Å²) in [7, 11) is 0. The topological polar surface area (TPSA) is 0 Å². The molecule has 0 radical (unpaired) electrons. The van der Waals surface area contributed by atoms with E-state index in [1.807, 2.05) is 0 Å². The van der Waals surface area contributed by atoms with E-state index >= 15 is 0 Å². The summed E-state index contributed by atoms with van der Waals surface area (Å²) in [6, 6.07) is 0. The van der Waals surface area contributed by atoms with E-state index in [4.69, 9.17) is 0 Å². The van der Waals surface area contributed by atoms with Gasteiger partial charge >= 0.3 is 0 Å². The van der Waals surface area contributed by atoms with Crippen molar-refractivity contribution < 1.29 is 0 Å². The maximum Gasteiger partial charge on any atom is 0.0248 e. The Morgan fingerprint density at radius 3 is 2.44 bits per heavy atom. The second-order valence-electron chi connectivity index (χ2n) is 3.63. The van der Waals surface area contributed by atoms with Crippen LogP contribution in [-0.4, -0.2) is 4.83 Å². The van der Waals surface area contributed by atoms with Crippen LogP contribution in [0.5, 0.6) is 0 Å². The van der Waals surface area contributed by atoms with Crippen LogP contribution in [0.1, 0.15) is 6.42 Å². The molecule has 0 spiro atoms. The third-order valence-corrected chi connectivity index (χ3v) is 4.66. The molecule has 0 amide bonds. The Labute approximate surface area is 63.5 Å². The summed E-state index contributed by atoms with van der Waals surface area (Å²) in [5.74, 6) is 3.90. The van der Waals surface area contributed by atoms with Crippen molar-refractivity contribution in [1.29, 1.82) is 0 Å². The molecule has 48 valence electrons. The molecule has 4 aliphatic rings.